The number of amides is 1. The first kappa shape index (κ1) is 14.3. The Morgan fingerprint density at radius 3 is 2.90 bits per heavy atom. The number of phenolic OH excluding ortho intramolecular Hbond substituents is 1. The molecule has 0 aromatic heterocycles. The highest BCUT2D eigenvalue weighted by Gasteiger charge is 2.14. The molecule has 2 aromatic carbocycles. The quantitative estimate of drug-likeness (QED) is 0.687. The lowest BCUT2D eigenvalue weighted by Crippen LogP contribution is -2.23. The van der Waals surface area contributed by atoms with Crippen molar-refractivity contribution in [1.82, 2.24) is 5.32 Å². The van der Waals surface area contributed by atoms with E-state index < -0.39 is 0 Å². The van der Waals surface area contributed by atoms with Gasteiger partial charge in [0.25, 0.3) is 5.91 Å². The number of phenols is 1. The number of aromatic hydroxyl groups is 1. The number of nitrogens with one attached hydrogen (secondary N) is 2. The normalized spacial score (nSPS) is 13.6. The molecule has 1 heterocycles. The van der Waals surface area contributed by atoms with Gasteiger partial charge < -0.3 is 15.7 Å². The molecule has 4 nitrogen and oxygen atoms in total. The van der Waals surface area contributed by atoms with Crippen LogP contribution in [-0.2, 0) is 13.0 Å². The van der Waals surface area contributed by atoms with Crippen LogP contribution in [0.25, 0.3) is 0 Å². The highest BCUT2D eigenvalue weighted by atomic mass is 127. The number of rotatable bonds is 2. The van der Waals surface area contributed by atoms with Crippen molar-refractivity contribution < 1.29 is 9.90 Å². The maximum atomic E-state index is 12.3. The Morgan fingerprint density at radius 2 is 2.05 bits per heavy atom. The van der Waals surface area contributed by atoms with Gasteiger partial charge in [-0.3, -0.25) is 4.79 Å². The van der Waals surface area contributed by atoms with Crippen LogP contribution in [0.2, 0.25) is 0 Å². The van der Waals surface area contributed by atoms with E-state index in [4.69, 9.17) is 0 Å². The summed E-state index contributed by atoms with van der Waals surface area (Å²) in [4.78, 5) is 12.3. The molecular weight excluding hydrogens is 379 g/mol. The molecule has 1 amide bonds. The molecule has 108 valence electrons. The first-order valence-corrected chi connectivity index (χ1v) is 7.84. The lowest BCUT2D eigenvalue weighted by atomic mass is 10.0. The summed E-state index contributed by atoms with van der Waals surface area (Å²) in [5.41, 5.74) is 3.58. The van der Waals surface area contributed by atoms with Crippen LogP contribution in [0.1, 0.15) is 21.5 Å². The third kappa shape index (κ3) is 3.19. The minimum Gasteiger partial charge on any atom is -0.507 e. The Morgan fingerprint density at radius 1 is 1.19 bits per heavy atom. The summed E-state index contributed by atoms with van der Waals surface area (Å²) in [7, 11) is 0. The predicted molar refractivity (Wildman–Crippen MR) is 90.6 cm³/mol. The lowest BCUT2D eigenvalue weighted by molar-refractivity contribution is 0.102. The summed E-state index contributed by atoms with van der Waals surface area (Å²) in [5, 5.41) is 16.0. The van der Waals surface area contributed by atoms with Crippen molar-refractivity contribution in [2.45, 2.75) is 13.0 Å². The van der Waals surface area contributed by atoms with Gasteiger partial charge >= 0.3 is 0 Å². The van der Waals surface area contributed by atoms with Crippen LogP contribution in [0, 0.1) is 3.57 Å². The van der Waals surface area contributed by atoms with Crippen LogP contribution >= 0.6 is 22.6 Å². The molecule has 5 heteroatoms. The van der Waals surface area contributed by atoms with E-state index in [-0.39, 0.29) is 17.2 Å². The van der Waals surface area contributed by atoms with Crippen molar-refractivity contribution in [2.24, 2.45) is 0 Å². The van der Waals surface area contributed by atoms with Crippen molar-refractivity contribution >= 4 is 34.2 Å². The number of fused-ring (bicyclic) bond motifs is 1. The highest BCUT2D eigenvalue weighted by Crippen LogP contribution is 2.23. The second-order valence-corrected chi connectivity index (χ2v) is 6.27. The van der Waals surface area contributed by atoms with E-state index in [0.29, 0.717) is 0 Å². The standard InChI is InChI=1S/C16H15IN2O2/c17-12-2-4-15(20)14(8-12)16(21)19-13-3-1-10-5-6-18-9-11(10)7-13/h1-4,7-8,18,20H,5-6,9H2,(H,19,21). The first-order valence-electron chi connectivity index (χ1n) is 6.76. The maximum absolute atomic E-state index is 12.3. The molecule has 0 saturated carbocycles. The van der Waals surface area contributed by atoms with E-state index in [9.17, 15) is 9.90 Å². The van der Waals surface area contributed by atoms with Crippen molar-refractivity contribution in [3.63, 3.8) is 0 Å². The zero-order valence-electron chi connectivity index (χ0n) is 11.3. The van der Waals surface area contributed by atoms with Crippen LogP contribution in [0.3, 0.4) is 0 Å². The number of carbonyl (C=O) groups excluding carboxylic acids is 1. The average Bonchev–Trinajstić information content (AvgIpc) is 2.49. The minimum atomic E-state index is -0.297. The van der Waals surface area contributed by atoms with Crippen LogP contribution in [0.15, 0.2) is 36.4 Å². The molecule has 1 aliphatic rings. The topological polar surface area (TPSA) is 61.4 Å². The minimum absolute atomic E-state index is 0.00690. The molecule has 0 atom stereocenters. The lowest BCUT2D eigenvalue weighted by Gasteiger charge is -2.18. The zero-order valence-corrected chi connectivity index (χ0v) is 13.5. The fourth-order valence-electron chi connectivity index (χ4n) is 2.45. The molecule has 0 radical (unpaired) electrons. The van der Waals surface area contributed by atoms with Crippen LogP contribution in [0.4, 0.5) is 5.69 Å². The van der Waals surface area contributed by atoms with Gasteiger partial charge in [-0.05, 0) is 77.0 Å². The summed E-state index contributed by atoms with van der Waals surface area (Å²) in [6.07, 6.45) is 1.02. The van der Waals surface area contributed by atoms with E-state index in [1.54, 1.807) is 12.1 Å². The molecular formula is C16H15IN2O2. The van der Waals surface area contributed by atoms with E-state index in [2.05, 4.69) is 39.3 Å². The number of carbonyl (C=O) groups is 1. The molecule has 3 N–H and O–H groups in total. The monoisotopic (exact) mass is 394 g/mol. The van der Waals surface area contributed by atoms with Gasteiger partial charge in [0.2, 0.25) is 0 Å². The van der Waals surface area contributed by atoms with Crippen molar-refractivity contribution in [3.8, 4) is 5.75 Å². The maximum Gasteiger partial charge on any atom is 0.259 e. The van der Waals surface area contributed by atoms with E-state index in [1.807, 2.05) is 12.1 Å². The fourth-order valence-corrected chi connectivity index (χ4v) is 2.94. The van der Waals surface area contributed by atoms with Gasteiger partial charge in [-0.2, -0.15) is 0 Å². The number of hydrogen-bond donors (Lipinski definition) is 3. The molecule has 0 aliphatic carbocycles. The van der Waals surface area contributed by atoms with E-state index in [1.165, 1.54) is 17.2 Å². The molecule has 0 spiro atoms. The third-order valence-electron chi connectivity index (χ3n) is 3.55. The Bertz CT molecular complexity index is 701. The highest BCUT2D eigenvalue weighted by molar-refractivity contribution is 14.1. The van der Waals surface area contributed by atoms with Gasteiger partial charge in [-0.25, -0.2) is 0 Å². The first-order chi connectivity index (χ1) is 10.1. The Labute approximate surface area is 136 Å². The fraction of sp³-hybridized carbons (Fsp3) is 0.188. The van der Waals surface area contributed by atoms with Crippen molar-refractivity contribution in [1.29, 1.82) is 0 Å². The van der Waals surface area contributed by atoms with Gasteiger partial charge in [-0.15, -0.1) is 0 Å². The summed E-state index contributed by atoms with van der Waals surface area (Å²) in [6, 6.07) is 10.9. The number of halogens is 1. The number of hydrogen-bond acceptors (Lipinski definition) is 3. The Hall–Kier alpha value is -1.60. The molecule has 0 bridgehead atoms. The van der Waals surface area contributed by atoms with Crippen LogP contribution in [-0.4, -0.2) is 17.6 Å². The Kier molecular flexibility index (Phi) is 4.12. The molecule has 21 heavy (non-hydrogen) atoms. The SMILES string of the molecule is O=C(Nc1ccc2c(c1)CNCC2)c1cc(I)ccc1O. The molecule has 2 aromatic rings. The van der Waals surface area contributed by atoms with E-state index in [0.717, 1.165) is 28.8 Å². The summed E-state index contributed by atoms with van der Waals surface area (Å²) < 4.78 is 0.908. The number of benzene rings is 2. The third-order valence-corrected chi connectivity index (χ3v) is 4.22. The Balaban J connectivity index is 1.83. The summed E-state index contributed by atoms with van der Waals surface area (Å²) in [6.45, 7) is 1.82. The smallest absolute Gasteiger partial charge is 0.259 e. The second-order valence-electron chi connectivity index (χ2n) is 5.03. The summed E-state index contributed by atoms with van der Waals surface area (Å²) >= 11 is 2.12. The molecule has 0 fully saturated rings. The molecule has 0 unspecified atom stereocenters. The molecule has 1 aliphatic heterocycles. The second kappa shape index (κ2) is 6.03. The molecule has 0 saturated heterocycles. The van der Waals surface area contributed by atoms with Gasteiger partial charge in [0.05, 0.1) is 5.56 Å². The van der Waals surface area contributed by atoms with Gasteiger partial charge in [-0.1, -0.05) is 6.07 Å². The van der Waals surface area contributed by atoms with Gasteiger partial charge in [0.15, 0.2) is 0 Å². The molecule has 3 rings (SSSR count). The number of anilines is 1. The van der Waals surface area contributed by atoms with Crippen molar-refractivity contribution in [3.05, 3.63) is 56.7 Å². The summed E-state index contributed by atoms with van der Waals surface area (Å²) in [5.74, 6) is -0.303. The van der Waals surface area contributed by atoms with Crippen LogP contribution < -0.4 is 10.6 Å². The van der Waals surface area contributed by atoms with Crippen LogP contribution in [0.5, 0.6) is 5.75 Å². The van der Waals surface area contributed by atoms with Gasteiger partial charge in [0.1, 0.15) is 5.75 Å². The largest absolute Gasteiger partial charge is 0.507 e. The van der Waals surface area contributed by atoms with Gasteiger partial charge in [0, 0.05) is 15.8 Å². The zero-order chi connectivity index (χ0) is 14.8. The average molecular weight is 394 g/mol. The predicted octanol–water partition coefficient (Wildman–Crippen LogP) is 2.89. The van der Waals surface area contributed by atoms with E-state index >= 15 is 0 Å². The van der Waals surface area contributed by atoms with Crippen molar-refractivity contribution in [2.75, 3.05) is 11.9 Å².